The zero-order valence-corrected chi connectivity index (χ0v) is 12.0. The second-order valence-electron chi connectivity index (χ2n) is 5.72. The number of rotatable bonds is 2. The minimum atomic E-state index is 0.0101. The summed E-state index contributed by atoms with van der Waals surface area (Å²) in [5, 5.41) is 6.81. The number of piperazine rings is 1. The van der Waals surface area contributed by atoms with Gasteiger partial charge in [0, 0.05) is 31.7 Å². The minimum absolute atomic E-state index is 0.0101. The summed E-state index contributed by atoms with van der Waals surface area (Å²) in [6.45, 7) is 6.14. The highest BCUT2D eigenvalue weighted by atomic mass is 16.5. The molecule has 0 radical (unpaired) electrons. The van der Waals surface area contributed by atoms with Crippen LogP contribution >= 0.6 is 0 Å². The van der Waals surface area contributed by atoms with Crippen molar-refractivity contribution in [3.63, 3.8) is 0 Å². The molecule has 110 valence electrons. The lowest BCUT2D eigenvalue weighted by molar-refractivity contribution is 0.0642. The van der Waals surface area contributed by atoms with E-state index in [0.29, 0.717) is 12.6 Å². The van der Waals surface area contributed by atoms with E-state index in [2.05, 4.69) is 15.4 Å². The second kappa shape index (κ2) is 5.83. The summed E-state index contributed by atoms with van der Waals surface area (Å²) >= 11 is 0. The molecule has 0 aromatic carbocycles. The Labute approximate surface area is 119 Å². The molecule has 2 fully saturated rings. The van der Waals surface area contributed by atoms with Crippen molar-refractivity contribution in [2.24, 2.45) is 0 Å². The Morgan fingerprint density at radius 3 is 3.15 bits per heavy atom. The Kier molecular flexibility index (Phi) is 3.91. The molecule has 3 rings (SSSR count). The Bertz CT molecular complexity index is 473. The molecule has 1 aromatic rings. The summed E-state index contributed by atoms with van der Waals surface area (Å²) in [5.41, 5.74) is 0.771. The van der Waals surface area contributed by atoms with Gasteiger partial charge in [-0.3, -0.25) is 4.90 Å². The molecule has 6 heteroatoms. The average molecular weight is 278 g/mol. The number of urea groups is 1. The third kappa shape index (κ3) is 2.95. The molecule has 2 saturated heterocycles. The molecule has 0 saturated carbocycles. The van der Waals surface area contributed by atoms with Crippen molar-refractivity contribution in [3.05, 3.63) is 17.5 Å². The Morgan fingerprint density at radius 1 is 1.45 bits per heavy atom. The molecule has 6 nitrogen and oxygen atoms in total. The molecule has 1 unspecified atom stereocenters. The van der Waals surface area contributed by atoms with Gasteiger partial charge in [-0.25, -0.2) is 4.79 Å². The van der Waals surface area contributed by atoms with Gasteiger partial charge in [-0.1, -0.05) is 11.6 Å². The number of nitrogens with one attached hydrogen (secondary N) is 1. The quantitative estimate of drug-likeness (QED) is 0.887. The number of fused-ring (bicyclic) bond motifs is 1. The largest absolute Gasteiger partial charge is 0.361 e. The van der Waals surface area contributed by atoms with Gasteiger partial charge in [-0.15, -0.1) is 0 Å². The normalized spacial score (nSPS) is 23.4. The molecular weight excluding hydrogens is 256 g/mol. The lowest BCUT2D eigenvalue weighted by Gasteiger charge is -2.43. The van der Waals surface area contributed by atoms with Gasteiger partial charge in [-0.2, -0.15) is 0 Å². The van der Waals surface area contributed by atoms with E-state index >= 15 is 0 Å². The van der Waals surface area contributed by atoms with E-state index in [1.807, 2.05) is 17.9 Å². The second-order valence-corrected chi connectivity index (χ2v) is 5.72. The molecule has 0 aliphatic carbocycles. The van der Waals surface area contributed by atoms with Gasteiger partial charge < -0.3 is 14.7 Å². The number of hydrogen-bond acceptors (Lipinski definition) is 4. The number of nitrogens with zero attached hydrogens (tertiary/aromatic N) is 3. The standard InChI is InChI=1S/C14H22N4O2/c1-11-8-12(16-20-11)9-15-14(19)18-7-6-17-5-3-2-4-13(17)10-18/h8,13H,2-7,9-10H2,1H3,(H,15,19). The zero-order valence-electron chi connectivity index (χ0n) is 12.0. The summed E-state index contributed by atoms with van der Waals surface area (Å²) < 4.78 is 4.99. The number of aryl methyl sites for hydroxylation is 1. The van der Waals surface area contributed by atoms with E-state index in [4.69, 9.17) is 4.52 Å². The predicted molar refractivity (Wildman–Crippen MR) is 74.3 cm³/mol. The van der Waals surface area contributed by atoms with Crippen LogP contribution in [0.5, 0.6) is 0 Å². The lowest BCUT2D eigenvalue weighted by atomic mass is 10.00. The molecule has 1 aromatic heterocycles. The monoisotopic (exact) mass is 278 g/mol. The van der Waals surface area contributed by atoms with Gasteiger partial charge in [0.25, 0.3) is 0 Å². The third-order valence-corrected chi connectivity index (χ3v) is 4.22. The van der Waals surface area contributed by atoms with Crippen molar-refractivity contribution in [2.75, 3.05) is 26.2 Å². The smallest absolute Gasteiger partial charge is 0.317 e. The van der Waals surface area contributed by atoms with Gasteiger partial charge >= 0.3 is 6.03 Å². The first-order valence-electron chi connectivity index (χ1n) is 7.41. The SMILES string of the molecule is Cc1cc(CNC(=O)N2CCN3CCCCC3C2)no1. The van der Waals surface area contributed by atoms with Gasteiger partial charge in [-0.05, 0) is 26.3 Å². The van der Waals surface area contributed by atoms with Crippen molar-refractivity contribution in [1.82, 2.24) is 20.3 Å². The number of piperidine rings is 1. The average Bonchev–Trinajstić information content (AvgIpc) is 2.90. The van der Waals surface area contributed by atoms with E-state index < -0.39 is 0 Å². The number of carbonyl (C=O) groups is 1. The fraction of sp³-hybridized carbons (Fsp3) is 0.714. The van der Waals surface area contributed by atoms with Crippen LogP contribution in [-0.4, -0.2) is 53.2 Å². The molecule has 20 heavy (non-hydrogen) atoms. The number of hydrogen-bond donors (Lipinski definition) is 1. The first kappa shape index (κ1) is 13.4. The maximum absolute atomic E-state index is 12.2. The van der Waals surface area contributed by atoms with Crippen LogP contribution < -0.4 is 5.32 Å². The van der Waals surface area contributed by atoms with Crippen molar-refractivity contribution in [1.29, 1.82) is 0 Å². The van der Waals surface area contributed by atoms with Crippen molar-refractivity contribution in [3.8, 4) is 0 Å². The minimum Gasteiger partial charge on any atom is -0.361 e. The highest BCUT2D eigenvalue weighted by molar-refractivity contribution is 5.74. The van der Waals surface area contributed by atoms with Crippen molar-refractivity contribution < 1.29 is 9.32 Å². The van der Waals surface area contributed by atoms with Crippen molar-refractivity contribution >= 4 is 6.03 Å². The fourth-order valence-electron chi connectivity index (χ4n) is 3.12. The Morgan fingerprint density at radius 2 is 2.35 bits per heavy atom. The van der Waals surface area contributed by atoms with Crippen LogP contribution in [0.3, 0.4) is 0 Å². The van der Waals surface area contributed by atoms with E-state index in [9.17, 15) is 4.79 Å². The molecule has 2 amide bonds. The van der Waals surface area contributed by atoms with Crippen LogP contribution in [0, 0.1) is 6.92 Å². The Hall–Kier alpha value is -1.56. The topological polar surface area (TPSA) is 61.6 Å². The molecule has 0 spiro atoms. The van der Waals surface area contributed by atoms with E-state index in [1.54, 1.807) is 0 Å². The number of carbonyl (C=O) groups excluding carboxylic acids is 1. The molecular formula is C14H22N4O2. The lowest BCUT2D eigenvalue weighted by Crippen LogP contribution is -2.57. The van der Waals surface area contributed by atoms with E-state index in [0.717, 1.165) is 31.1 Å². The summed E-state index contributed by atoms with van der Waals surface area (Å²) in [6, 6.07) is 2.41. The molecule has 0 bridgehead atoms. The van der Waals surface area contributed by atoms with Gasteiger partial charge in [0.05, 0.1) is 6.54 Å². The maximum atomic E-state index is 12.2. The third-order valence-electron chi connectivity index (χ3n) is 4.22. The molecule has 2 aliphatic heterocycles. The zero-order chi connectivity index (χ0) is 13.9. The van der Waals surface area contributed by atoms with Crippen LogP contribution in [0.2, 0.25) is 0 Å². The summed E-state index contributed by atoms with van der Waals surface area (Å²) in [5.74, 6) is 0.769. The molecule has 1 atom stereocenters. The van der Waals surface area contributed by atoms with Crippen LogP contribution in [0.25, 0.3) is 0 Å². The summed E-state index contributed by atoms with van der Waals surface area (Å²) in [6.07, 6.45) is 3.80. The highest BCUT2D eigenvalue weighted by Crippen LogP contribution is 2.21. The van der Waals surface area contributed by atoms with Crippen molar-refractivity contribution in [2.45, 2.75) is 38.8 Å². The number of amides is 2. The van der Waals surface area contributed by atoms with Crippen LogP contribution in [0.4, 0.5) is 4.79 Å². The molecule has 2 aliphatic rings. The van der Waals surface area contributed by atoms with Gasteiger partial charge in [0.15, 0.2) is 0 Å². The van der Waals surface area contributed by atoms with Crippen LogP contribution in [0.1, 0.15) is 30.7 Å². The maximum Gasteiger partial charge on any atom is 0.317 e. The van der Waals surface area contributed by atoms with E-state index in [-0.39, 0.29) is 6.03 Å². The number of aromatic nitrogens is 1. The summed E-state index contributed by atoms with van der Waals surface area (Å²) in [7, 11) is 0. The van der Waals surface area contributed by atoms with Gasteiger partial charge in [0.1, 0.15) is 11.5 Å². The highest BCUT2D eigenvalue weighted by Gasteiger charge is 2.30. The van der Waals surface area contributed by atoms with Crippen LogP contribution in [-0.2, 0) is 6.54 Å². The Balaban J connectivity index is 1.50. The molecule has 3 heterocycles. The predicted octanol–water partition coefficient (Wildman–Crippen LogP) is 1.36. The van der Waals surface area contributed by atoms with E-state index in [1.165, 1.54) is 25.8 Å². The summed E-state index contributed by atoms with van der Waals surface area (Å²) in [4.78, 5) is 16.6. The van der Waals surface area contributed by atoms with Crippen LogP contribution in [0.15, 0.2) is 10.6 Å². The molecule has 1 N–H and O–H groups in total. The first-order chi connectivity index (χ1) is 9.72. The fourth-order valence-corrected chi connectivity index (χ4v) is 3.12. The first-order valence-corrected chi connectivity index (χ1v) is 7.41. The van der Waals surface area contributed by atoms with Gasteiger partial charge in [0.2, 0.25) is 0 Å².